The van der Waals surface area contributed by atoms with Crippen LogP contribution in [-0.2, 0) is 11.2 Å². The third-order valence-corrected chi connectivity index (χ3v) is 4.04. The Balaban J connectivity index is 1.64. The van der Waals surface area contributed by atoms with Gasteiger partial charge in [-0.2, -0.15) is 0 Å². The van der Waals surface area contributed by atoms with E-state index in [4.69, 9.17) is 0 Å². The van der Waals surface area contributed by atoms with Crippen molar-refractivity contribution in [3.05, 3.63) is 35.6 Å². The van der Waals surface area contributed by atoms with E-state index in [1.165, 1.54) is 12.5 Å². The molecule has 116 valence electrons. The summed E-state index contributed by atoms with van der Waals surface area (Å²) in [6, 6.07) is 6.61. The lowest BCUT2D eigenvalue weighted by molar-refractivity contribution is -0.121. The molecule has 1 aromatic carbocycles. The Labute approximate surface area is 126 Å². The topological polar surface area (TPSA) is 41.1 Å². The average molecular weight is 292 g/mol. The first-order chi connectivity index (χ1) is 10.1. The summed E-state index contributed by atoms with van der Waals surface area (Å²) >= 11 is 0. The van der Waals surface area contributed by atoms with Gasteiger partial charge in [0.25, 0.3) is 0 Å². The third-order valence-electron chi connectivity index (χ3n) is 4.04. The second-order valence-corrected chi connectivity index (χ2v) is 6.14. The van der Waals surface area contributed by atoms with Crippen LogP contribution in [0.25, 0.3) is 0 Å². The minimum Gasteiger partial charge on any atom is -0.356 e. The number of rotatable bonds is 7. The van der Waals surface area contributed by atoms with Gasteiger partial charge in [-0.1, -0.05) is 19.1 Å². The van der Waals surface area contributed by atoms with Crippen LogP contribution in [0.3, 0.4) is 0 Å². The molecule has 2 unspecified atom stereocenters. The van der Waals surface area contributed by atoms with Crippen LogP contribution in [-0.4, -0.2) is 25.5 Å². The Kier molecular flexibility index (Phi) is 6.18. The van der Waals surface area contributed by atoms with Gasteiger partial charge in [0.1, 0.15) is 5.82 Å². The summed E-state index contributed by atoms with van der Waals surface area (Å²) in [6.07, 6.45) is 3.50. The first kappa shape index (κ1) is 16.0. The van der Waals surface area contributed by atoms with Gasteiger partial charge < -0.3 is 10.6 Å². The highest BCUT2D eigenvalue weighted by atomic mass is 19.1. The van der Waals surface area contributed by atoms with E-state index in [2.05, 4.69) is 10.6 Å². The van der Waals surface area contributed by atoms with Gasteiger partial charge >= 0.3 is 0 Å². The maximum absolute atomic E-state index is 13.1. The lowest BCUT2D eigenvalue weighted by Gasteiger charge is -2.13. The standard InChI is InChI=1S/C17H25FN2O/c1-13(9-15-3-2-4-16(18)11-15)10-17(21)20-8-6-14-5-7-19-12-14/h2-4,11,13-14,19H,5-10,12H2,1H3,(H,20,21). The molecule has 2 N–H and O–H groups in total. The monoisotopic (exact) mass is 292 g/mol. The molecule has 0 radical (unpaired) electrons. The van der Waals surface area contributed by atoms with Crippen molar-refractivity contribution in [1.29, 1.82) is 0 Å². The Morgan fingerprint density at radius 2 is 2.38 bits per heavy atom. The van der Waals surface area contributed by atoms with Gasteiger partial charge in [-0.25, -0.2) is 4.39 Å². The number of amides is 1. The van der Waals surface area contributed by atoms with E-state index in [-0.39, 0.29) is 17.6 Å². The first-order valence-electron chi connectivity index (χ1n) is 7.85. The molecule has 2 atom stereocenters. The minimum atomic E-state index is -0.214. The van der Waals surface area contributed by atoms with Crippen molar-refractivity contribution >= 4 is 5.91 Å². The Hall–Kier alpha value is -1.42. The number of nitrogens with one attached hydrogen (secondary N) is 2. The molecule has 4 heteroatoms. The van der Waals surface area contributed by atoms with Crippen LogP contribution in [0, 0.1) is 17.7 Å². The molecule has 1 aliphatic rings. The molecule has 1 fully saturated rings. The lowest BCUT2D eigenvalue weighted by Crippen LogP contribution is -2.28. The van der Waals surface area contributed by atoms with Crippen molar-refractivity contribution < 1.29 is 9.18 Å². The highest BCUT2D eigenvalue weighted by Crippen LogP contribution is 2.14. The zero-order valence-electron chi connectivity index (χ0n) is 12.7. The number of hydrogen-bond acceptors (Lipinski definition) is 2. The van der Waals surface area contributed by atoms with Gasteiger partial charge in [-0.15, -0.1) is 0 Å². The van der Waals surface area contributed by atoms with Crippen LogP contribution < -0.4 is 10.6 Å². The third kappa shape index (κ3) is 5.84. The van der Waals surface area contributed by atoms with Crippen LogP contribution in [0.15, 0.2) is 24.3 Å². The van der Waals surface area contributed by atoms with E-state index >= 15 is 0 Å². The van der Waals surface area contributed by atoms with Gasteiger partial charge in [-0.3, -0.25) is 4.79 Å². The molecular formula is C17H25FN2O. The van der Waals surface area contributed by atoms with Crippen molar-refractivity contribution in [3.63, 3.8) is 0 Å². The SMILES string of the molecule is CC(CC(=O)NCCC1CCNC1)Cc1cccc(F)c1. The van der Waals surface area contributed by atoms with Gasteiger partial charge in [0.15, 0.2) is 0 Å². The highest BCUT2D eigenvalue weighted by Gasteiger charge is 2.15. The fraction of sp³-hybridized carbons (Fsp3) is 0.588. The van der Waals surface area contributed by atoms with E-state index in [0.29, 0.717) is 12.3 Å². The molecule has 3 nitrogen and oxygen atoms in total. The predicted octanol–water partition coefficient (Wildman–Crippen LogP) is 2.51. The van der Waals surface area contributed by atoms with E-state index in [9.17, 15) is 9.18 Å². The summed E-state index contributed by atoms with van der Waals surface area (Å²) in [6.45, 7) is 4.97. The van der Waals surface area contributed by atoms with Crippen LogP contribution >= 0.6 is 0 Å². The molecule has 1 aliphatic heterocycles. The Bertz CT molecular complexity index is 458. The minimum absolute atomic E-state index is 0.102. The van der Waals surface area contributed by atoms with E-state index in [1.54, 1.807) is 12.1 Å². The van der Waals surface area contributed by atoms with Crippen LogP contribution in [0.1, 0.15) is 31.7 Å². The zero-order valence-corrected chi connectivity index (χ0v) is 12.7. The summed E-state index contributed by atoms with van der Waals surface area (Å²) in [5, 5.41) is 6.33. The fourth-order valence-electron chi connectivity index (χ4n) is 2.90. The number of carbonyl (C=O) groups is 1. The molecule has 0 spiro atoms. The number of carbonyl (C=O) groups excluding carboxylic acids is 1. The normalized spacial score (nSPS) is 19.4. The molecule has 0 aromatic heterocycles. The van der Waals surface area contributed by atoms with Crippen molar-refractivity contribution in [2.24, 2.45) is 11.8 Å². The van der Waals surface area contributed by atoms with E-state index in [0.717, 1.165) is 38.0 Å². The average Bonchev–Trinajstić information content (AvgIpc) is 2.91. The molecule has 1 heterocycles. The molecule has 2 rings (SSSR count). The zero-order chi connectivity index (χ0) is 15.1. The summed E-state index contributed by atoms with van der Waals surface area (Å²) < 4.78 is 13.1. The fourth-order valence-corrected chi connectivity index (χ4v) is 2.90. The lowest BCUT2D eigenvalue weighted by atomic mass is 9.97. The second-order valence-electron chi connectivity index (χ2n) is 6.14. The Morgan fingerprint density at radius 3 is 3.10 bits per heavy atom. The van der Waals surface area contributed by atoms with Crippen molar-refractivity contribution in [1.82, 2.24) is 10.6 Å². The van der Waals surface area contributed by atoms with Gasteiger partial charge in [0.05, 0.1) is 0 Å². The van der Waals surface area contributed by atoms with Crippen molar-refractivity contribution in [3.8, 4) is 0 Å². The first-order valence-corrected chi connectivity index (χ1v) is 7.85. The summed E-state index contributed by atoms with van der Waals surface area (Å²) in [7, 11) is 0. The quantitative estimate of drug-likeness (QED) is 0.811. The molecule has 1 aromatic rings. The highest BCUT2D eigenvalue weighted by molar-refractivity contribution is 5.76. The predicted molar refractivity (Wildman–Crippen MR) is 82.5 cm³/mol. The summed E-state index contributed by atoms with van der Waals surface area (Å²) in [4.78, 5) is 11.9. The second kappa shape index (κ2) is 8.13. The van der Waals surface area contributed by atoms with Crippen LogP contribution in [0.5, 0.6) is 0 Å². The van der Waals surface area contributed by atoms with Crippen molar-refractivity contribution in [2.45, 2.75) is 32.6 Å². The van der Waals surface area contributed by atoms with Crippen LogP contribution in [0.4, 0.5) is 4.39 Å². The molecule has 1 amide bonds. The van der Waals surface area contributed by atoms with Gasteiger partial charge in [0.2, 0.25) is 5.91 Å². The van der Waals surface area contributed by atoms with E-state index in [1.807, 2.05) is 13.0 Å². The van der Waals surface area contributed by atoms with E-state index < -0.39 is 0 Å². The van der Waals surface area contributed by atoms with Gasteiger partial charge in [-0.05, 0) is 61.9 Å². The maximum atomic E-state index is 13.1. The molecule has 21 heavy (non-hydrogen) atoms. The van der Waals surface area contributed by atoms with Gasteiger partial charge in [0, 0.05) is 13.0 Å². The molecular weight excluding hydrogens is 267 g/mol. The molecule has 0 bridgehead atoms. The van der Waals surface area contributed by atoms with Crippen molar-refractivity contribution in [2.75, 3.05) is 19.6 Å². The molecule has 1 saturated heterocycles. The maximum Gasteiger partial charge on any atom is 0.220 e. The molecule has 0 saturated carbocycles. The smallest absolute Gasteiger partial charge is 0.220 e. The molecule has 0 aliphatic carbocycles. The summed E-state index contributed by atoms with van der Waals surface area (Å²) in [5.74, 6) is 0.814. The van der Waals surface area contributed by atoms with Crippen LogP contribution in [0.2, 0.25) is 0 Å². The number of hydrogen-bond donors (Lipinski definition) is 2. The summed E-state index contributed by atoms with van der Waals surface area (Å²) in [5.41, 5.74) is 0.951. The Morgan fingerprint density at radius 1 is 1.52 bits per heavy atom. The largest absolute Gasteiger partial charge is 0.356 e. The number of benzene rings is 1. The number of halogens is 1.